The van der Waals surface area contributed by atoms with Gasteiger partial charge in [0.15, 0.2) is 0 Å². The lowest BCUT2D eigenvalue weighted by Crippen LogP contribution is -2.14. The molecule has 1 heterocycles. The predicted octanol–water partition coefficient (Wildman–Crippen LogP) is 3.04. The molecule has 0 spiro atoms. The van der Waals surface area contributed by atoms with Gasteiger partial charge in [-0.05, 0) is 30.3 Å². The quantitative estimate of drug-likeness (QED) is 0.909. The van der Waals surface area contributed by atoms with Crippen LogP contribution in [0.4, 0.5) is 11.5 Å². The maximum Gasteiger partial charge on any atom is 0.274 e. The highest BCUT2D eigenvalue weighted by molar-refractivity contribution is 6.32. The molecule has 0 aliphatic rings. The maximum atomic E-state index is 12.1. The van der Waals surface area contributed by atoms with E-state index in [0.29, 0.717) is 28.0 Å². The molecule has 2 aromatic rings. The van der Waals surface area contributed by atoms with Gasteiger partial charge in [0.1, 0.15) is 17.3 Å². The second-order valence-corrected chi connectivity index (χ2v) is 4.37. The summed E-state index contributed by atoms with van der Waals surface area (Å²) in [6.07, 6.45) is 0. The number of nitrogens with zero attached hydrogens (tertiary/aromatic N) is 1. The van der Waals surface area contributed by atoms with E-state index in [4.69, 9.17) is 16.3 Å². The van der Waals surface area contributed by atoms with Crippen LogP contribution in [0, 0.1) is 0 Å². The van der Waals surface area contributed by atoms with Crippen molar-refractivity contribution in [3.8, 4) is 5.75 Å². The molecule has 0 fully saturated rings. The molecule has 1 amide bonds. The van der Waals surface area contributed by atoms with E-state index in [-0.39, 0.29) is 5.91 Å². The number of rotatable bonds is 4. The fraction of sp³-hybridized carbons (Fsp3) is 0.143. The first-order chi connectivity index (χ1) is 9.63. The molecular weight excluding hydrogens is 278 g/mol. The lowest BCUT2D eigenvalue weighted by Gasteiger charge is -2.08. The molecule has 1 aromatic heterocycles. The summed E-state index contributed by atoms with van der Waals surface area (Å²) in [4.78, 5) is 16.2. The van der Waals surface area contributed by atoms with Crippen molar-refractivity contribution in [1.82, 2.24) is 4.98 Å². The minimum atomic E-state index is -0.302. The zero-order valence-corrected chi connectivity index (χ0v) is 11.9. The highest BCUT2D eigenvalue weighted by Crippen LogP contribution is 2.27. The van der Waals surface area contributed by atoms with Gasteiger partial charge in [0.05, 0.1) is 12.1 Å². The first-order valence-corrected chi connectivity index (χ1v) is 6.31. The second-order valence-electron chi connectivity index (χ2n) is 3.96. The van der Waals surface area contributed by atoms with E-state index in [2.05, 4.69) is 15.6 Å². The van der Waals surface area contributed by atoms with E-state index in [0.717, 1.165) is 0 Å². The highest BCUT2D eigenvalue weighted by atomic mass is 35.5. The summed E-state index contributed by atoms with van der Waals surface area (Å²) in [5, 5.41) is 6.05. The van der Waals surface area contributed by atoms with Gasteiger partial charge in [-0.2, -0.15) is 0 Å². The molecule has 6 heteroatoms. The smallest absolute Gasteiger partial charge is 0.274 e. The molecular formula is C14H14ClN3O2. The van der Waals surface area contributed by atoms with Gasteiger partial charge in [0, 0.05) is 12.7 Å². The number of amides is 1. The second kappa shape index (κ2) is 6.25. The number of benzene rings is 1. The van der Waals surface area contributed by atoms with Crippen molar-refractivity contribution < 1.29 is 9.53 Å². The largest absolute Gasteiger partial charge is 0.495 e. The van der Waals surface area contributed by atoms with Gasteiger partial charge in [-0.25, -0.2) is 4.98 Å². The number of ether oxygens (including phenoxy) is 1. The maximum absolute atomic E-state index is 12.1. The monoisotopic (exact) mass is 291 g/mol. The molecule has 20 heavy (non-hydrogen) atoms. The van der Waals surface area contributed by atoms with Crippen LogP contribution in [-0.2, 0) is 0 Å². The summed E-state index contributed by atoms with van der Waals surface area (Å²) in [6, 6.07) is 10.2. The van der Waals surface area contributed by atoms with Gasteiger partial charge in [0.2, 0.25) is 0 Å². The zero-order valence-electron chi connectivity index (χ0n) is 11.1. The van der Waals surface area contributed by atoms with Crippen LogP contribution in [0.3, 0.4) is 0 Å². The van der Waals surface area contributed by atoms with Gasteiger partial charge >= 0.3 is 0 Å². The fourth-order valence-electron chi connectivity index (χ4n) is 1.64. The topological polar surface area (TPSA) is 63.2 Å². The molecule has 1 aromatic carbocycles. The Hall–Kier alpha value is -2.27. The lowest BCUT2D eigenvalue weighted by atomic mass is 10.2. The summed E-state index contributed by atoms with van der Waals surface area (Å²) >= 11 is 6.00. The van der Waals surface area contributed by atoms with Crippen LogP contribution in [0.2, 0.25) is 5.02 Å². The number of nitrogens with one attached hydrogen (secondary N) is 2. The summed E-state index contributed by atoms with van der Waals surface area (Å²) in [5.41, 5.74) is 0.904. The van der Waals surface area contributed by atoms with E-state index in [1.807, 2.05) is 0 Å². The van der Waals surface area contributed by atoms with Crippen LogP contribution in [0.1, 0.15) is 10.5 Å². The fourth-order valence-corrected chi connectivity index (χ4v) is 1.90. The first kappa shape index (κ1) is 14.1. The molecule has 0 radical (unpaired) electrons. The van der Waals surface area contributed by atoms with E-state index >= 15 is 0 Å². The number of methoxy groups -OCH3 is 1. The molecule has 0 saturated heterocycles. The van der Waals surface area contributed by atoms with Crippen molar-refractivity contribution in [2.75, 3.05) is 24.8 Å². The molecule has 2 rings (SSSR count). The third kappa shape index (κ3) is 3.19. The van der Waals surface area contributed by atoms with Crippen molar-refractivity contribution in [3.05, 3.63) is 47.1 Å². The highest BCUT2D eigenvalue weighted by Gasteiger charge is 2.09. The van der Waals surface area contributed by atoms with Crippen molar-refractivity contribution in [2.24, 2.45) is 0 Å². The van der Waals surface area contributed by atoms with Crippen LogP contribution in [-0.4, -0.2) is 25.0 Å². The minimum Gasteiger partial charge on any atom is -0.495 e. The van der Waals surface area contributed by atoms with Gasteiger partial charge in [-0.15, -0.1) is 0 Å². The predicted molar refractivity (Wildman–Crippen MR) is 79.7 cm³/mol. The van der Waals surface area contributed by atoms with Crippen molar-refractivity contribution in [2.45, 2.75) is 0 Å². The van der Waals surface area contributed by atoms with Gasteiger partial charge in [-0.3, -0.25) is 4.79 Å². The Bertz CT molecular complexity index is 632. The number of halogens is 1. The molecule has 104 valence electrons. The summed E-state index contributed by atoms with van der Waals surface area (Å²) in [6.45, 7) is 0. The number of anilines is 2. The Kier molecular flexibility index (Phi) is 4.42. The van der Waals surface area contributed by atoms with Crippen LogP contribution in [0.5, 0.6) is 5.75 Å². The van der Waals surface area contributed by atoms with E-state index in [1.54, 1.807) is 43.4 Å². The molecule has 0 aliphatic heterocycles. The first-order valence-electron chi connectivity index (χ1n) is 5.93. The third-order valence-electron chi connectivity index (χ3n) is 2.65. The molecule has 2 N–H and O–H groups in total. The summed E-state index contributed by atoms with van der Waals surface area (Å²) in [7, 11) is 3.28. The lowest BCUT2D eigenvalue weighted by molar-refractivity contribution is 0.102. The van der Waals surface area contributed by atoms with E-state index < -0.39 is 0 Å². The van der Waals surface area contributed by atoms with Crippen LogP contribution >= 0.6 is 11.6 Å². The zero-order chi connectivity index (χ0) is 14.5. The average molecular weight is 292 g/mol. The number of aromatic nitrogens is 1. The van der Waals surface area contributed by atoms with Crippen molar-refractivity contribution in [3.63, 3.8) is 0 Å². The average Bonchev–Trinajstić information content (AvgIpc) is 2.47. The Balaban J connectivity index is 2.16. The number of hydrogen-bond acceptors (Lipinski definition) is 4. The van der Waals surface area contributed by atoms with Crippen LogP contribution in [0.15, 0.2) is 36.4 Å². The molecule has 0 bridgehead atoms. The Morgan fingerprint density at radius 3 is 2.75 bits per heavy atom. The van der Waals surface area contributed by atoms with Gasteiger partial charge in [0.25, 0.3) is 5.91 Å². The van der Waals surface area contributed by atoms with E-state index in [9.17, 15) is 4.79 Å². The van der Waals surface area contributed by atoms with Crippen molar-refractivity contribution in [1.29, 1.82) is 0 Å². The third-order valence-corrected chi connectivity index (χ3v) is 2.94. The molecule has 0 atom stereocenters. The Morgan fingerprint density at radius 2 is 2.10 bits per heavy atom. The standard InChI is InChI=1S/C14H14ClN3O2/c1-16-13-5-3-4-11(18-13)14(19)17-9-6-7-12(20-2)10(15)8-9/h3-8H,1-2H3,(H,16,18)(H,17,19). The van der Waals surface area contributed by atoms with Gasteiger partial charge in [-0.1, -0.05) is 17.7 Å². The molecule has 0 saturated carbocycles. The molecule has 5 nitrogen and oxygen atoms in total. The van der Waals surface area contributed by atoms with Crippen LogP contribution < -0.4 is 15.4 Å². The van der Waals surface area contributed by atoms with Crippen molar-refractivity contribution >= 4 is 29.0 Å². The molecule has 0 aliphatic carbocycles. The van der Waals surface area contributed by atoms with Crippen LogP contribution in [0.25, 0.3) is 0 Å². The normalized spacial score (nSPS) is 9.95. The number of carbonyl (C=O) groups excluding carboxylic acids is 1. The Labute approximate surface area is 121 Å². The number of pyridine rings is 1. The molecule has 0 unspecified atom stereocenters. The number of carbonyl (C=O) groups is 1. The summed E-state index contributed by atoms with van der Waals surface area (Å²) < 4.78 is 5.05. The Morgan fingerprint density at radius 1 is 1.30 bits per heavy atom. The minimum absolute atomic E-state index is 0.302. The SMILES string of the molecule is CNc1cccc(C(=O)Nc2ccc(OC)c(Cl)c2)n1. The summed E-state index contributed by atoms with van der Waals surface area (Å²) in [5.74, 6) is 0.883. The van der Waals surface area contributed by atoms with Gasteiger partial charge < -0.3 is 15.4 Å². The van der Waals surface area contributed by atoms with E-state index in [1.165, 1.54) is 7.11 Å². The number of hydrogen-bond donors (Lipinski definition) is 2.